The van der Waals surface area contributed by atoms with E-state index in [2.05, 4.69) is 17.2 Å². The Labute approximate surface area is 136 Å². The second-order valence-electron chi connectivity index (χ2n) is 4.96. The standard InChI is InChI=1S/C18H21N3O2/c1-3-5-12-20-18-16(13-19)21-17(23-18)11-8-14-6-9-15(10-7-14)22-4-2/h6-11,20H,3-5,12H2,1-2H3. The molecular weight excluding hydrogens is 290 g/mol. The van der Waals surface area contributed by atoms with E-state index in [-0.39, 0.29) is 5.69 Å². The first-order valence-corrected chi connectivity index (χ1v) is 7.82. The molecule has 0 spiro atoms. The second kappa shape index (κ2) is 8.64. The number of unbranched alkanes of at least 4 members (excludes halogenated alkanes) is 1. The van der Waals surface area contributed by atoms with Crippen LogP contribution in [0.5, 0.6) is 5.75 Å². The molecule has 0 atom stereocenters. The number of benzene rings is 1. The third-order valence-corrected chi connectivity index (χ3v) is 3.17. The molecule has 5 nitrogen and oxygen atoms in total. The summed E-state index contributed by atoms with van der Waals surface area (Å²) < 4.78 is 11.0. The van der Waals surface area contributed by atoms with E-state index in [0.29, 0.717) is 18.4 Å². The number of rotatable bonds is 8. The van der Waals surface area contributed by atoms with Gasteiger partial charge in [0, 0.05) is 12.6 Å². The minimum atomic E-state index is 0.285. The molecule has 1 N–H and O–H groups in total. The van der Waals surface area contributed by atoms with E-state index >= 15 is 0 Å². The molecule has 0 aliphatic carbocycles. The molecule has 2 rings (SSSR count). The zero-order chi connectivity index (χ0) is 16.5. The molecule has 0 aliphatic rings. The van der Waals surface area contributed by atoms with Crippen molar-refractivity contribution in [3.8, 4) is 11.8 Å². The van der Waals surface area contributed by atoms with Gasteiger partial charge < -0.3 is 14.5 Å². The van der Waals surface area contributed by atoms with Crippen molar-refractivity contribution in [2.45, 2.75) is 26.7 Å². The SMILES string of the molecule is CCCCNc1oc(C=Cc2ccc(OCC)cc2)nc1C#N. The Hall–Kier alpha value is -2.74. The van der Waals surface area contributed by atoms with E-state index in [1.54, 1.807) is 6.08 Å². The summed E-state index contributed by atoms with van der Waals surface area (Å²) in [5, 5.41) is 12.2. The van der Waals surface area contributed by atoms with Crippen LogP contribution in [0.1, 0.15) is 43.8 Å². The molecule has 2 aromatic rings. The fourth-order valence-electron chi connectivity index (χ4n) is 1.99. The van der Waals surface area contributed by atoms with E-state index in [9.17, 15) is 0 Å². The van der Waals surface area contributed by atoms with Crippen molar-refractivity contribution >= 4 is 18.0 Å². The number of nitrogens with zero attached hydrogens (tertiary/aromatic N) is 2. The van der Waals surface area contributed by atoms with Crippen LogP contribution in [0.4, 0.5) is 5.88 Å². The van der Waals surface area contributed by atoms with Gasteiger partial charge in [0.2, 0.25) is 17.5 Å². The first kappa shape index (κ1) is 16.6. The number of nitriles is 1. The van der Waals surface area contributed by atoms with Gasteiger partial charge >= 0.3 is 0 Å². The van der Waals surface area contributed by atoms with Gasteiger partial charge in [0.25, 0.3) is 0 Å². The van der Waals surface area contributed by atoms with E-state index < -0.39 is 0 Å². The van der Waals surface area contributed by atoms with Crippen LogP contribution in [0, 0.1) is 11.3 Å². The lowest BCUT2D eigenvalue weighted by Gasteiger charge is -2.01. The van der Waals surface area contributed by atoms with Crippen LogP contribution >= 0.6 is 0 Å². The molecular formula is C18H21N3O2. The van der Waals surface area contributed by atoms with Gasteiger partial charge in [0.1, 0.15) is 11.8 Å². The first-order valence-electron chi connectivity index (χ1n) is 7.82. The Morgan fingerprint density at radius 3 is 2.70 bits per heavy atom. The van der Waals surface area contributed by atoms with Crippen molar-refractivity contribution < 1.29 is 9.15 Å². The zero-order valence-electron chi connectivity index (χ0n) is 13.5. The number of hydrogen-bond acceptors (Lipinski definition) is 5. The summed E-state index contributed by atoms with van der Waals surface area (Å²) in [5.41, 5.74) is 1.29. The van der Waals surface area contributed by atoms with Crippen LogP contribution in [-0.4, -0.2) is 18.1 Å². The van der Waals surface area contributed by atoms with Crippen LogP contribution in [-0.2, 0) is 0 Å². The lowest BCUT2D eigenvalue weighted by molar-refractivity contribution is 0.340. The van der Waals surface area contributed by atoms with E-state index in [4.69, 9.17) is 14.4 Å². The van der Waals surface area contributed by atoms with Gasteiger partial charge in [-0.2, -0.15) is 10.2 Å². The van der Waals surface area contributed by atoms with Crippen LogP contribution in [0.2, 0.25) is 0 Å². The second-order valence-corrected chi connectivity index (χ2v) is 4.96. The molecule has 23 heavy (non-hydrogen) atoms. The Kier molecular flexibility index (Phi) is 6.25. The predicted octanol–water partition coefficient (Wildman–Crippen LogP) is 4.33. The maximum Gasteiger partial charge on any atom is 0.232 e. The molecule has 1 heterocycles. The molecule has 0 aliphatic heterocycles. The average molecular weight is 311 g/mol. The van der Waals surface area contributed by atoms with Crippen LogP contribution < -0.4 is 10.1 Å². The van der Waals surface area contributed by atoms with E-state index in [1.165, 1.54) is 0 Å². The predicted molar refractivity (Wildman–Crippen MR) is 91.2 cm³/mol. The molecule has 0 fully saturated rings. The third-order valence-electron chi connectivity index (χ3n) is 3.17. The van der Waals surface area contributed by atoms with Crippen molar-refractivity contribution in [1.29, 1.82) is 5.26 Å². The van der Waals surface area contributed by atoms with Gasteiger partial charge in [-0.3, -0.25) is 0 Å². The molecule has 0 radical (unpaired) electrons. The molecule has 0 unspecified atom stereocenters. The average Bonchev–Trinajstić information content (AvgIpc) is 2.97. The van der Waals surface area contributed by atoms with Crippen LogP contribution in [0.3, 0.4) is 0 Å². The Bertz CT molecular complexity index is 681. The number of nitrogens with one attached hydrogen (secondary N) is 1. The van der Waals surface area contributed by atoms with E-state index in [1.807, 2.05) is 43.3 Å². The van der Waals surface area contributed by atoms with E-state index in [0.717, 1.165) is 30.7 Å². The van der Waals surface area contributed by atoms with Gasteiger partial charge in [0.05, 0.1) is 6.61 Å². The van der Waals surface area contributed by atoms with Crippen molar-refractivity contribution in [3.05, 3.63) is 41.4 Å². The monoisotopic (exact) mass is 311 g/mol. The topological polar surface area (TPSA) is 71.1 Å². The van der Waals surface area contributed by atoms with Crippen molar-refractivity contribution in [2.24, 2.45) is 0 Å². The third kappa shape index (κ3) is 4.89. The number of oxazole rings is 1. The first-order chi connectivity index (χ1) is 11.3. The molecule has 0 bridgehead atoms. The molecule has 120 valence electrons. The highest BCUT2D eigenvalue weighted by molar-refractivity contribution is 5.67. The summed E-state index contributed by atoms with van der Waals surface area (Å²) >= 11 is 0. The Morgan fingerprint density at radius 1 is 1.26 bits per heavy atom. The number of aromatic nitrogens is 1. The highest BCUT2D eigenvalue weighted by Gasteiger charge is 2.10. The van der Waals surface area contributed by atoms with Crippen LogP contribution in [0.25, 0.3) is 12.2 Å². The summed E-state index contributed by atoms with van der Waals surface area (Å²) in [6, 6.07) is 9.78. The summed E-state index contributed by atoms with van der Waals surface area (Å²) in [4.78, 5) is 4.17. The maximum atomic E-state index is 9.10. The highest BCUT2D eigenvalue weighted by atomic mass is 16.5. The lowest BCUT2D eigenvalue weighted by atomic mass is 10.2. The zero-order valence-corrected chi connectivity index (χ0v) is 13.5. The summed E-state index contributed by atoms with van der Waals surface area (Å²) in [7, 11) is 0. The Balaban J connectivity index is 2.05. The lowest BCUT2D eigenvalue weighted by Crippen LogP contribution is -2.00. The quantitative estimate of drug-likeness (QED) is 0.735. The largest absolute Gasteiger partial charge is 0.494 e. The van der Waals surface area contributed by atoms with Gasteiger partial charge in [-0.05, 0) is 37.1 Å². The molecule has 0 amide bonds. The normalized spacial score (nSPS) is 10.7. The molecule has 0 saturated heterocycles. The maximum absolute atomic E-state index is 9.10. The smallest absolute Gasteiger partial charge is 0.232 e. The summed E-state index contributed by atoms with van der Waals surface area (Å²) in [6.45, 7) is 5.48. The number of ether oxygens (including phenoxy) is 1. The molecule has 1 aromatic heterocycles. The van der Waals surface area contributed by atoms with Crippen molar-refractivity contribution in [2.75, 3.05) is 18.5 Å². The summed E-state index contributed by atoms with van der Waals surface area (Å²) in [5.74, 6) is 1.69. The Morgan fingerprint density at radius 2 is 2.04 bits per heavy atom. The number of hydrogen-bond donors (Lipinski definition) is 1. The van der Waals surface area contributed by atoms with Crippen LogP contribution in [0.15, 0.2) is 28.7 Å². The van der Waals surface area contributed by atoms with Gasteiger partial charge in [0.15, 0.2) is 0 Å². The fourth-order valence-corrected chi connectivity index (χ4v) is 1.99. The fraction of sp³-hybridized carbons (Fsp3) is 0.333. The summed E-state index contributed by atoms with van der Waals surface area (Å²) in [6.07, 6.45) is 5.73. The minimum absolute atomic E-state index is 0.285. The molecule has 1 aromatic carbocycles. The highest BCUT2D eigenvalue weighted by Crippen LogP contribution is 2.19. The minimum Gasteiger partial charge on any atom is -0.494 e. The van der Waals surface area contributed by atoms with Crippen molar-refractivity contribution in [1.82, 2.24) is 4.98 Å². The van der Waals surface area contributed by atoms with Gasteiger partial charge in [-0.1, -0.05) is 25.5 Å². The molecule has 5 heteroatoms. The molecule has 0 saturated carbocycles. The number of anilines is 1. The van der Waals surface area contributed by atoms with Crippen molar-refractivity contribution in [3.63, 3.8) is 0 Å². The van der Waals surface area contributed by atoms with Gasteiger partial charge in [-0.15, -0.1) is 0 Å². The van der Waals surface area contributed by atoms with Gasteiger partial charge in [-0.25, -0.2) is 0 Å².